The summed E-state index contributed by atoms with van der Waals surface area (Å²) in [4.78, 5) is 16.9. The lowest BCUT2D eigenvalue weighted by atomic mass is 9.92. The van der Waals surface area contributed by atoms with Crippen molar-refractivity contribution >= 4 is 22.9 Å². The molecule has 0 aliphatic heterocycles. The SMILES string of the molecule is CCn1c(NC(=O)CC(C)(O)c2ccccc2)nc2ccccc21. The molecule has 1 atom stereocenters. The minimum Gasteiger partial charge on any atom is -0.385 e. The molecule has 0 spiro atoms. The number of imidazole rings is 1. The normalized spacial score (nSPS) is 13.6. The first-order valence-electron chi connectivity index (χ1n) is 8.04. The van der Waals surface area contributed by atoms with E-state index in [9.17, 15) is 9.90 Å². The summed E-state index contributed by atoms with van der Waals surface area (Å²) in [6.07, 6.45) is -0.0378. The molecule has 0 aliphatic carbocycles. The molecule has 0 bridgehead atoms. The molecule has 5 nitrogen and oxygen atoms in total. The van der Waals surface area contributed by atoms with Crippen molar-refractivity contribution in [2.75, 3.05) is 5.32 Å². The van der Waals surface area contributed by atoms with Gasteiger partial charge in [0.25, 0.3) is 0 Å². The highest BCUT2D eigenvalue weighted by Crippen LogP contribution is 2.25. The molecule has 1 unspecified atom stereocenters. The molecule has 3 aromatic rings. The summed E-state index contributed by atoms with van der Waals surface area (Å²) in [5, 5.41) is 13.4. The van der Waals surface area contributed by atoms with E-state index in [0.717, 1.165) is 11.0 Å². The Morgan fingerprint density at radius 2 is 1.83 bits per heavy atom. The first-order valence-corrected chi connectivity index (χ1v) is 8.04. The largest absolute Gasteiger partial charge is 0.385 e. The zero-order chi connectivity index (χ0) is 17.2. The lowest BCUT2D eigenvalue weighted by Gasteiger charge is -2.23. The molecule has 24 heavy (non-hydrogen) atoms. The molecule has 1 amide bonds. The molecular weight excluding hydrogens is 302 g/mol. The summed E-state index contributed by atoms with van der Waals surface area (Å²) in [6, 6.07) is 16.9. The number of hydrogen-bond acceptors (Lipinski definition) is 3. The third-order valence-corrected chi connectivity index (χ3v) is 4.12. The van der Waals surface area contributed by atoms with Crippen molar-refractivity contribution in [2.24, 2.45) is 0 Å². The molecule has 5 heteroatoms. The number of nitrogens with one attached hydrogen (secondary N) is 1. The Morgan fingerprint density at radius 3 is 2.54 bits per heavy atom. The summed E-state index contributed by atoms with van der Waals surface area (Å²) in [6.45, 7) is 4.35. The number of carbonyl (C=O) groups excluding carboxylic acids is 1. The highest BCUT2D eigenvalue weighted by atomic mass is 16.3. The first kappa shape index (κ1) is 16.2. The molecule has 0 saturated carbocycles. The fourth-order valence-corrected chi connectivity index (χ4v) is 2.87. The number of hydrogen-bond donors (Lipinski definition) is 2. The molecule has 1 heterocycles. The van der Waals surface area contributed by atoms with Gasteiger partial charge in [-0.05, 0) is 31.5 Å². The second-order valence-electron chi connectivity index (χ2n) is 6.03. The monoisotopic (exact) mass is 323 g/mol. The zero-order valence-electron chi connectivity index (χ0n) is 13.9. The molecule has 0 radical (unpaired) electrons. The number of nitrogens with zero attached hydrogens (tertiary/aromatic N) is 2. The number of benzene rings is 2. The molecular formula is C19H21N3O2. The Morgan fingerprint density at radius 1 is 1.17 bits per heavy atom. The second-order valence-corrected chi connectivity index (χ2v) is 6.03. The van der Waals surface area contributed by atoms with Crippen LogP contribution in [0, 0.1) is 0 Å². The predicted octanol–water partition coefficient (Wildman–Crippen LogP) is 3.29. The van der Waals surface area contributed by atoms with Crippen LogP contribution < -0.4 is 5.32 Å². The van der Waals surface area contributed by atoms with Crippen molar-refractivity contribution in [1.29, 1.82) is 0 Å². The maximum atomic E-state index is 12.4. The number of aromatic nitrogens is 2. The van der Waals surface area contributed by atoms with E-state index in [1.807, 2.05) is 66.1 Å². The van der Waals surface area contributed by atoms with Gasteiger partial charge in [0.15, 0.2) is 0 Å². The fraction of sp³-hybridized carbons (Fsp3) is 0.263. The van der Waals surface area contributed by atoms with E-state index < -0.39 is 5.60 Å². The van der Waals surface area contributed by atoms with Crippen LogP contribution >= 0.6 is 0 Å². The van der Waals surface area contributed by atoms with Gasteiger partial charge in [0.1, 0.15) is 0 Å². The standard InChI is InChI=1S/C19H21N3O2/c1-3-22-16-12-8-7-11-15(16)20-18(22)21-17(23)13-19(2,24)14-9-5-4-6-10-14/h4-12,24H,3,13H2,1-2H3,(H,20,21,23). The number of para-hydroxylation sites is 2. The van der Waals surface area contributed by atoms with Crippen molar-refractivity contribution < 1.29 is 9.90 Å². The molecule has 0 saturated heterocycles. The van der Waals surface area contributed by atoms with Gasteiger partial charge in [-0.15, -0.1) is 0 Å². The molecule has 0 aliphatic rings. The van der Waals surface area contributed by atoms with Gasteiger partial charge in [-0.25, -0.2) is 4.98 Å². The van der Waals surface area contributed by atoms with Crippen LogP contribution in [-0.2, 0) is 16.9 Å². The first-order chi connectivity index (χ1) is 11.5. The summed E-state index contributed by atoms with van der Waals surface area (Å²) >= 11 is 0. The van der Waals surface area contributed by atoms with Crippen molar-refractivity contribution in [1.82, 2.24) is 9.55 Å². The number of aryl methyl sites for hydroxylation is 1. The highest BCUT2D eigenvalue weighted by molar-refractivity contribution is 5.92. The maximum absolute atomic E-state index is 12.4. The van der Waals surface area contributed by atoms with Crippen LogP contribution in [0.3, 0.4) is 0 Å². The number of amides is 1. The predicted molar refractivity (Wildman–Crippen MR) is 94.7 cm³/mol. The lowest BCUT2D eigenvalue weighted by Crippen LogP contribution is -2.29. The van der Waals surface area contributed by atoms with Gasteiger partial charge in [0, 0.05) is 6.54 Å². The topological polar surface area (TPSA) is 67.2 Å². The maximum Gasteiger partial charge on any atom is 0.229 e. The van der Waals surface area contributed by atoms with E-state index in [0.29, 0.717) is 18.1 Å². The van der Waals surface area contributed by atoms with E-state index in [1.165, 1.54) is 0 Å². The highest BCUT2D eigenvalue weighted by Gasteiger charge is 2.27. The van der Waals surface area contributed by atoms with Crippen LogP contribution in [0.25, 0.3) is 11.0 Å². The van der Waals surface area contributed by atoms with Crippen molar-refractivity contribution in [3.63, 3.8) is 0 Å². The molecule has 3 rings (SSSR count). The van der Waals surface area contributed by atoms with Gasteiger partial charge in [-0.3, -0.25) is 10.1 Å². The Labute approximate surface area is 141 Å². The number of aliphatic hydroxyl groups is 1. The van der Waals surface area contributed by atoms with Crippen LogP contribution in [0.2, 0.25) is 0 Å². The van der Waals surface area contributed by atoms with Crippen molar-refractivity contribution in [3.8, 4) is 0 Å². The number of fused-ring (bicyclic) bond motifs is 1. The van der Waals surface area contributed by atoms with E-state index in [2.05, 4.69) is 10.3 Å². The number of carbonyl (C=O) groups is 1. The minimum atomic E-state index is -1.23. The smallest absolute Gasteiger partial charge is 0.229 e. The van der Waals surface area contributed by atoms with Crippen molar-refractivity contribution in [2.45, 2.75) is 32.4 Å². The Hall–Kier alpha value is -2.66. The average Bonchev–Trinajstić information content (AvgIpc) is 2.91. The van der Waals surface area contributed by atoms with Gasteiger partial charge in [-0.2, -0.15) is 0 Å². The molecule has 1 aromatic heterocycles. The van der Waals surface area contributed by atoms with Crippen LogP contribution in [0.5, 0.6) is 0 Å². The average molecular weight is 323 g/mol. The van der Waals surface area contributed by atoms with E-state index in [1.54, 1.807) is 6.92 Å². The zero-order valence-corrected chi connectivity index (χ0v) is 13.9. The Balaban J connectivity index is 1.80. The number of rotatable bonds is 5. The van der Waals surface area contributed by atoms with Gasteiger partial charge in [-0.1, -0.05) is 42.5 Å². The summed E-state index contributed by atoms with van der Waals surface area (Å²) in [5.41, 5.74) is 1.30. The van der Waals surface area contributed by atoms with Gasteiger partial charge >= 0.3 is 0 Å². The third kappa shape index (κ3) is 3.16. The van der Waals surface area contributed by atoms with Gasteiger partial charge in [0.2, 0.25) is 11.9 Å². The summed E-state index contributed by atoms with van der Waals surface area (Å²) in [5.74, 6) is 0.237. The van der Waals surface area contributed by atoms with E-state index in [-0.39, 0.29) is 12.3 Å². The van der Waals surface area contributed by atoms with Gasteiger partial charge < -0.3 is 9.67 Å². The van der Waals surface area contributed by atoms with Crippen LogP contribution in [0.1, 0.15) is 25.8 Å². The van der Waals surface area contributed by atoms with E-state index >= 15 is 0 Å². The molecule has 2 aromatic carbocycles. The van der Waals surface area contributed by atoms with E-state index in [4.69, 9.17) is 0 Å². The van der Waals surface area contributed by atoms with Crippen LogP contribution in [0.4, 0.5) is 5.95 Å². The Kier molecular flexibility index (Phi) is 4.36. The number of anilines is 1. The molecule has 2 N–H and O–H groups in total. The van der Waals surface area contributed by atoms with Crippen LogP contribution in [0.15, 0.2) is 54.6 Å². The lowest BCUT2D eigenvalue weighted by molar-refractivity contribution is -0.120. The second kappa shape index (κ2) is 6.45. The molecule has 0 fully saturated rings. The minimum absolute atomic E-state index is 0.0378. The van der Waals surface area contributed by atoms with Crippen molar-refractivity contribution in [3.05, 3.63) is 60.2 Å². The summed E-state index contributed by atoms with van der Waals surface area (Å²) < 4.78 is 1.95. The fourth-order valence-electron chi connectivity index (χ4n) is 2.87. The quantitative estimate of drug-likeness (QED) is 0.757. The van der Waals surface area contributed by atoms with Gasteiger partial charge in [0.05, 0.1) is 23.1 Å². The van der Waals surface area contributed by atoms with Crippen LogP contribution in [-0.4, -0.2) is 20.6 Å². The summed E-state index contributed by atoms with van der Waals surface area (Å²) in [7, 11) is 0. The third-order valence-electron chi connectivity index (χ3n) is 4.12. The molecule has 124 valence electrons. The Bertz CT molecular complexity index is 853.